The second-order valence-corrected chi connectivity index (χ2v) is 7.34. The van der Waals surface area contributed by atoms with Gasteiger partial charge >= 0.3 is 0 Å². The van der Waals surface area contributed by atoms with Gasteiger partial charge in [0.1, 0.15) is 0 Å². The highest BCUT2D eigenvalue weighted by molar-refractivity contribution is 5.78. The molecule has 0 aromatic heterocycles. The summed E-state index contributed by atoms with van der Waals surface area (Å²) in [6.45, 7) is 6.50. The molecule has 132 valence electrons. The molecule has 0 atom stereocenters. The Morgan fingerprint density at radius 3 is 2.62 bits per heavy atom. The number of likely N-dealkylation sites (N-methyl/N-ethyl adjacent to an activating group) is 1. The van der Waals surface area contributed by atoms with Crippen LogP contribution in [0.3, 0.4) is 0 Å². The number of hydrogen-bond acceptors (Lipinski definition) is 3. The quantitative estimate of drug-likeness (QED) is 0.809. The van der Waals surface area contributed by atoms with Crippen LogP contribution in [0.2, 0.25) is 0 Å². The van der Waals surface area contributed by atoms with E-state index in [9.17, 15) is 4.79 Å². The zero-order valence-corrected chi connectivity index (χ0v) is 15.0. The summed E-state index contributed by atoms with van der Waals surface area (Å²) in [5.74, 6) is 0.157. The summed E-state index contributed by atoms with van der Waals surface area (Å²) in [7, 11) is 2.18. The third-order valence-electron chi connectivity index (χ3n) is 5.35. The Balaban J connectivity index is 1.35. The van der Waals surface area contributed by atoms with Crippen LogP contribution in [0.5, 0.6) is 0 Å². The van der Waals surface area contributed by atoms with E-state index in [-0.39, 0.29) is 5.91 Å². The van der Waals surface area contributed by atoms with Crippen molar-refractivity contribution in [3.8, 4) is 0 Å². The van der Waals surface area contributed by atoms with Crippen molar-refractivity contribution in [3.05, 3.63) is 34.9 Å². The molecular formula is C20H31N3O. The van der Waals surface area contributed by atoms with Crippen molar-refractivity contribution in [2.24, 2.45) is 0 Å². The van der Waals surface area contributed by atoms with E-state index in [0.717, 1.165) is 51.3 Å². The fourth-order valence-electron chi connectivity index (χ4n) is 3.75. The Bertz CT molecular complexity index is 550. The highest BCUT2D eigenvalue weighted by atomic mass is 16.1. The summed E-state index contributed by atoms with van der Waals surface area (Å²) in [6, 6.07) is 6.61. The van der Waals surface area contributed by atoms with Crippen molar-refractivity contribution < 1.29 is 4.79 Å². The summed E-state index contributed by atoms with van der Waals surface area (Å²) >= 11 is 0. The van der Waals surface area contributed by atoms with E-state index >= 15 is 0 Å². The zero-order chi connectivity index (χ0) is 16.8. The maximum atomic E-state index is 12.1. The van der Waals surface area contributed by atoms with E-state index in [2.05, 4.69) is 40.4 Å². The second kappa shape index (κ2) is 8.63. The summed E-state index contributed by atoms with van der Waals surface area (Å²) in [4.78, 5) is 17.0. The lowest BCUT2D eigenvalue weighted by Crippen LogP contribution is -2.45. The van der Waals surface area contributed by atoms with Gasteiger partial charge in [0.05, 0.1) is 6.42 Å². The molecule has 1 saturated heterocycles. The fraction of sp³-hybridized carbons (Fsp3) is 0.650. The lowest BCUT2D eigenvalue weighted by atomic mass is 9.90. The number of benzene rings is 1. The van der Waals surface area contributed by atoms with Gasteiger partial charge in [-0.2, -0.15) is 0 Å². The van der Waals surface area contributed by atoms with Crippen molar-refractivity contribution >= 4 is 5.91 Å². The Morgan fingerprint density at radius 2 is 1.83 bits per heavy atom. The molecule has 1 fully saturated rings. The van der Waals surface area contributed by atoms with Crippen LogP contribution >= 0.6 is 0 Å². The lowest BCUT2D eigenvalue weighted by Gasteiger charge is -2.32. The van der Waals surface area contributed by atoms with E-state index < -0.39 is 0 Å². The lowest BCUT2D eigenvalue weighted by molar-refractivity contribution is -0.120. The molecule has 3 rings (SSSR count). The van der Waals surface area contributed by atoms with Gasteiger partial charge in [-0.05, 0) is 62.4 Å². The number of carbonyl (C=O) groups excluding carboxylic acids is 1. The molecular weight excluding hydrogens is 298 g/mol. The normalized spacial score (nSPS) is 19.0. The van der Waals surface area contributed by atoms with Crippen molar-refractivity contribution in [2.45, 2.75) is 38.5 Å². The number of nitrogens with zero attached hydrogens (tertiary/aromatic N) is 2. The number of aryl methyl sites for hydroxylation is 2. The van der Waals surface area contributed by atoms with Crippen LogP contribution in [0, 0.1) is 0 Å². The molecule has 1 aromatic carbocycles. The topological polar surface area (TPSA) is 35.6 Å². The third-order valence-corrected chi connectivity index (χ3v) is 5.35. The van der Waals surface area contributed by atoms with Crippen LogP contribution in [0.25, 0.3) is 0 Å². The number of fused-ring (bicyclic) bond motifs is 1. The first-order valence-electron chi connectivity index (χ1n) is 9.49. The molecule has 1 heterocycles. The van der Waals surface area contributed by atoms with Gasteiger partial charge in [-0.25, -0.2) is 0 Å². The van der Waals surface area contributed by atoms with Gasteiger partial charge < -0.3 is 15.1 Å². The highest BCUT2D eigenvalue weighted by Gasteiger charge is 2.13. The van der Waals surface area contributed by atoms with Crippen molar-refractivity contribution in [3.63, 3.8) is 0 Å². The molecule has 0 unspecified atom stereocenters. The minimum absolute atomic E-state index is 0.157. The molecule has 0 spiro atoms. The number of carbonyl (C=O) groups is 1. The van der Waals surface area contributed by atoms with Crippen LogP contribution < -0.4 is 5.32 Å². The van der Waals surface area contributed by atoms with Gasteiger partial charge in [0.25, 0.3) is 0 Å². The van der Waals surface area contributed by atoms with Crippen LogP contribution in [0.1, 0.15) is 36.0 Å². The predicted octanol–water partition coefficient (Wildman–Crippen LogP) is 1.86. The smallest absolute Gasteiger partial charge is 0.224 e. The summed E-state index contributed by atoms with van der Waals surface area (Å²) < 4.78 is 0. The average molecular weight is 329 g/mol. The van der Waals surface area contributed by atoms with Gasteiger partial charge in [0.15, 0.2) is 0 Å². The third kappa shape index (κ3) is 5.05. The summed E-state index contributed by atoms with van der Waals surface area (Å²) in [6.07, 6.45) is 6.53. The number of hydrogen-bond donors (Lipinski definition) is 1. The van der Waals surface area contributed by atoms with E-state index in [0.29, 0.717) is 6.42 Å². The largest absolute Gasteiger partial charge is 0.356 e. The Labute approximate surface area is 146 Å². The first-order valence-corrected chi connectivity index (χ1v) is 9.49. The molecule has 1 aliphatic heterocycles. The fourth-order valence-corrected chi connectivity index (χ4v) is 3.75. The molecule has 4 nitrogen and oxygen atoms in total. The summed E-state index contributed by atoms with van der Waals surface area (Å²) in [5.41, 5.74) is 4.10. The maximum Gasteiger partial charge on any atom is 0.224 e. The van der Waals surface area contributed by atoms with Gasteiger partial charge in [-0.1, -0.05) is 18.2 Å². The standard InChI is InChI=1S/C20H31N3O/c1-22-11-13-23(14-12-22)10-4-9-21-20(24)16-17-7-8-18-5-2-3-6-19(18)15-17/h7-8,15H,2-6,9-14,16H2,1H3,(H,21,24). The van der Waals surface area contributed by atoms with Crippen LogP contribution in [0.4, 0.5) is 0 Å². The number of piperazine rings is 1. The van der Waals surface area contributed by atoms with E-state index in [1.807, 2.05) is 0 Å². The maximum absolute atomic E-state index is 12.1. The first-order chi connectivity index (χ1) is 11.7. The number of amides is 1. The Morgan fingerprint density at radius 1 is 1.08 bits per heavy atom. The molecule has 1 aromatic rings. The van der Waals surface area contributed by atoms with Crippen LogP contribution in [0.15, 0.2) is 18.2 Å². The minimum Gasteiger partial charge on any atom is -0.356 e. The molecule has 4 heteroatoms. The molecule has 0 bridgehead atoms. The molecule has 2 aliphatic rings. The van der Waals surface area contributed by atoms with Gasteiger partial charge in [-0.3, -0.25) is 4.79 Å². The van der Waals surface area contributed by atoms with E-state index in [1.54, 1.807) is 0 Å². The summed E-state index contributed by atoms with van der Waals surface area (Å²) in [5, 5.41) is 3.08. The SMILES string of the molecule is CN1CCN(CCCNC(=O)Cc2ccc3c(c2)CCCC3)CC1. The predicted molar refractivity (Wildman–Crippen MR) is 98.4 cm³/mol. The zero-order valence-electron chi connectivity index (χ0n) is 15.0. The Kier molecular flexibility index (Phi) is 6.27. The monoisotopic (exact) mass is 329 g/mol. The average Bonchev–Trinajstić information content (AvgIpc) is 2.60. The minimum atomic E-state index is 0.157. The van der Waals surface area contributed by atoms with Crippen molar-refractivity contribution in [1.29, 1.82) is 0 Å². The van der Waals surface area contributed by atoms with Gasteiger partial charge in [-0.15, -0.1) is 0 Å². The second-order valence-electron chi connectivity index (χ2n) is 7.34. The van der Waals surface area contributed by atoms with Crippen molar-refractivity contribution in [1.82, 2.24) is 15.1 Å². The number of rotatable bonds is 6. The van der Waals surface area contributed by atoms with E-state index in [4.69, 9.17) is 0 Å². The van der Waals surface area contributed by atoms with Crippen molar-refractivity contribution in [2.75, 3.05) is 46.3 Å². The number of nitrogens with one attached hydrogen (secondary N) is 1. The molecule has 1 N–H and O–H groups in total. The van der Waals surface area contributed by atoms with Crippen LogP contribution in [-0.2, 0) is 24.1 Å². The molecule has 0 saturated carbocycles. The molecule has 0 radical (unpaired) electrons. The van der Waals surface area contributed by atoms with Crippen LogP contribution in [-0.4, -0.2) is 62.0 Å². The molecule has 24 heavy (non-hydrogen) atoms. The highest BCUT2D eigenvalue weighted by Crippen LogP contribution is 2.22. The molecule has 1 aliphatic carbocycles. The van der Waals surface area contributed by atoms with Gasteiger partial charge in [0, 0.05) is 32.7 Å². The Hall–Kier alpha value is -1.39. The van der Waals surface area contributed by atoms with E-state index in [1.165, 1.54) is 36.8 Å². The first kappa shape index (κ1) is 17.4. The van der Waals surface area contributed by atoms with Gasteiger partial charge in [0.2, 0.25) is 5.91 Å². The molecule has 1 amide bonds.